The summed E-state index contributed by atoms with van der Waals surface area (Å²) in [5.41, 5.74) is 3.35. The van der Waals surface area contributed by atoms with Crippen molar-refractivity contribution in [3.05, 3.63) is 59.8 Å². The number of ether oxygens (including phenoxy) is 2. The molecule has 0 saturated carbocycles. The molecule has 2 heterocycles. The average molecular weight is 460 g/mol. The summed E-state index contributed by atoms with van der Waals surface area (Å²) < 4.78 is 12.2. The second-order valence-electron chi connectivity index (χ2n) is 7.52. The summed E-state index contributed by atoms with van der Waals surface area (Å²) in [6, 6.07) is 14.4. The molecule has 9 nitrogen and oxygen atoms in total. The second kappa shape index (κ2) is 10.0. The Morgan fingerprint density at radius 1 is 1.15 bits per heavy atom. The van der Waals surface area contributed by atoms with Crippen LogP contribution < -0.4 is 25.0 Å². The summed E-state index contributed by atoms with van der Waals surface area (Å²) in [6.45, 7) is 1.47. The minimum Gasteiger partial charge on any atom is -0.497 e. The first-order valence-electron chi connectivity index (χ1n) is 10.7. The van der Waals surface area contributed by atoms with E-state index in [0.717, 1.165) is 16.8 Å². The van der Waals surface area contributed by atoms with Crippen molar-refractivity contribution in [2.75, 3.05) is 38.8 Å². The number of nitrogens with one attached hydrogen (secondary N) is 2. The number of methoxy groups -OCH3 is 2. The Kier molecular flexibility index (Phi) is 6.69. The number of nitrogens with zero attached hydrogens (tertiary/aromatic N) is 3. The van der Waals surface area contributed by atoms with Crippen LogP contribution in [0.4, 0.5) is 10.5 Å². The fourth-order valence-electron chi connectivity index (χ4n) is 3.63. The van der Waals surface area contributed by atoms with Gasteiger partial charge in [0, 0.05) is 37.0 Å². The van der Waals surface area contributed by atoms with E-state index in [-0.39, 0.29) is 18.5 Å². The summed E-state index contributed by atoms with van der Waals surface area (Å²) in [4.78, 5) is 26.1. The summed E-state index contributed by atoms with van der Waals surface area (Å²) in [7, 11) is 4.88. The molecule has 9 heteroatoms. The lowest BCUT2D eigenvalue weighted by molar-refractivity contribution is 0.0949. The molecule has 3 aromatic rings. The van der Waals surface area contributed by atoms with Gasteiger partial charge < -0.3 is 20.1 Å². The second-order valence-corrected chi connectivity index (χ2v) is 7.52. The van der Waals surface area contributed by atoms with E-state index in [2.05, 4.69) is 27.6 Å². The maximum atomic E-state index is 12.7. The minimum absolute atomic E-state index is 0.0929. The largest absolute Gasteiger partial charge is 0.497 e. The molecule has 0 radical (unpaired) electrons. The first-order valence-corrected chi connectivity index (χ1v) is 10.7. The van der Waals surface area contributed by atoms with E-state index in [9.17, 15) is 9.59 Å². The van der Waals surface area contributed by atoms with Crippen molar-refractivity contribution in [2.45, 2.75) is 0 Å². The zero-order valence-electron chi connectivity index (χ0n) is 19.2. The van der Waals surface area contributed by atoms with Crippen LogP contribution in [0.1, 0.15) is 16.1 Å². The van der Waals surface area contributed by atoms with Crippen LogP contribution in [-0.4, -0.2) is 55.6 Å². The fraction of sp³-hybridized carbons (Fsp3) is 0.240. The zero-order valence-corrected chi connectivity index (χ0v) is 19.2. The number of benzene rings is 2. The third-order valence-corrected chi connectivity index (χ3v) is 5.40. The first kappa shape index (κ1) is 22.7. The lowest BCUT2D eigenvalue weighted by atomic mass is 10.1. The number of aryl methyl sites for hydroxylation is 1. The Bertz CT molecular complexity index is 1270. The Morgan fingerprint density at radius 2 is 1.94 bits per heavy atom. The van der Waals surface area contributed by atoms with Gasteiger partial charge in [0.1, 0.15) is 17.2 Å². The molecule has 0 spiro atoms. The number of carbonyl (C=O) groups excluding carboxylic acids is 2. The highest BCUT2D eigenvalue weighted by Gasteiger charge is 2.20. The number of anilines is 1. The van der Waals surface area contributed by atoms with Crippen LogP contribution >= 0.6 is 0 Å². The van der Waals surface area contributed by atoms with Gasteiger partial charge in [-0.25, -0.2) is 4.79 Å². The molecule has 34 heavy (non-hydrogen) atoms. The zero-order chi connectivity index (χ0) is 24.1. The van der Waals surface area contributed by atoms with E-state index in [4.69, 9.17) is 9.47 Å². The maximum Gasteiger partial charge on any atom is 0.321 e. The number of urea groups is 1. The van der Waals surface area contributed by atoms with E-state index < -0.39 is 0 Å². The standard InChI is InChI=1S/C25H25N5O4/c1-29-22(16-21(28-29)20-15-19(33-2)10-11-23(20)34-3)24(31)26-12-4-5-17-6-8-18(9-7-17)30-14-13-27-25(30)32/h6-11,15-16H,12-14H2,1-3H3,(H,26,31)(H,27,32). The molecule has 0 unspecified atom stereocenters. The van der Waals surface area contributed by atoms with Gasteiger partial charge in [-0.05, 0) is 48.5 Å². The number of amides is 3. The molecule has 2 aromatic carbocycles. The Hall–Kier alpha value is -4.45. The van der Waals surface area contributed by atoms with Gasteiger partial charge in [0.25, 0.3) is 5.91 Å². The van der Waals surface area contributed by atoms with Gasteiger partial charge in [0.15, 0.2) is 0 Å². The Labute approximate surface area is 197 Å². The van der Waals surface area contributed by atoms with Gasteiger partial charge in [0.2, 0.25) is 0 Å². The Morgan fingerprint density at radius 3 is 2.62 bits per heavy atom. The van der Waals surface area contributed by atoms with Gasteiger partial charge in [-0.1, -0.05) is 11.8 Å². The van der Waals surface area contributed by atoms with Gasteiger partial charge in [-0.2, -0.15) is 5.10 Å². The molecule has 2 N–H and O–H groups in total. The van der Waals surface area contributed by atoms with Crippen LogP contribution in [0.3, 0.4) is 0 Å². The van der Waals surface area contributed by atoms with E-state index in [1.54, 1.807) is 44.4 Å². The third-order valence-electron chi connectivity index (χ3n) is 5.40. The monoisotopic (exact) mass is 459 g/mol. The molecular formula is C25H25N5O4. The lowest BCUT2D eigenvalue weighted by Gasteiger charge is -2.13. The summed E-state index contributed by atoms with van der Waals surface area (Å²) in [6.07, 6.45) is 0. The van der Waals surface area contributed by atoms with E-state index >= 15 is 0 Å². The van der Waals surface area contributed by atoms with Crippen LogP contribution in [0.5, 0.6) is 11.5 Å². The third kappa shape index (κ3) is 4.81. The van der Waals surface area contributed by atoms with Gasteiger partial charge >= 0.3 is 6.03 Å². The molecule has 1 aliphatic rings. The van der Waals surface area contributed by atoms with Crippen LogP contribution in [0, 0.1) is 11.8 Å². The Balaban J connectivity index is 1.40. The molecule has 1 aliphatic heterocycles. The fourth-order valence-corrected chi connectivity index (χ4v) is 3.63. The summed E-state index contributed by atoms with van der Waals surface area (Å²) >= 11 is 0. The topological polar surface area (TPSA) is 97.7 Å². The predicted molar refractivity (Wildman–Crippen MR) is 128 cm³/mol. The average Bonchev–Trinajstić information content (AvgIpc) is 3.47. The van der Waals surface area contributed by atoms with E-state index in [1.807, 2.05) is 30.3 Å². The van der Waals surface area contributed by atoms with Crippen molar-refractivity contribution in [2.24, 2.45) is 7.05 Å². The van der Waals surface area contributed by atoms with Crippen molar-refractivity contribution in [3.8, 4) is 34.6 Å². The molecule has 0 aliphatic carbocycles. The van der Waals surface area contributed by atoms with Gasteiger partial charge in [0.05, 0.1) is 26.5 Å². The molecule has 1 saturated heterocycles. The normalized spacial score (nSPS) is 12.6. The minimum atomic E-state index is -0.284. The van der Waals surface area contributed by atoms with Crippen molar-refractivity contribution in [1.29, 1.82) is 0 Å². The quantitative estimate of drug-likeness (QED) is 0.552. The highest BCUT2D eigenvalue weighted by molar-refractivity contribution is 5.94. The maximum absolute atomic E-state index is 12.7. The molecule has 4 rings (SSSR count). The van der Waals surface area contributed by atoms with Crippen LogP contribution in [-0.2, 0) is 7.05 Å². The van der Waals surface area contributed by atoms with Crippen LogP contribution in [0.2, 0.25) is 0 Å². The van der Waals surface area contributed by atoms with Crippen molar-refractivity contribution < 1.29 is 19.1 Å². The molecule has 3 amide bonds. The summed E-state index contributed by atoms with van der Waals surface area (Å²) in [5, 5.41) is 10.0. The van der Waals surface area contributed by atoms with Gasteiger partial charge in [-0.3, -0.25) is 14.4 Å². The van der Waals surface area contributed by atoms with Crippen molar-refractivity contribution in [1.82, 2.24) is 20.4 Å². The molecule has 174 valence electrons. The SMILES string of the molecule is COc1ccc(OC)c(-c2cc(C(=O)NCC#Cc3ccc(N4CCNC4=O)cc3)n(C)n2)c1. The molecular weight excluding hydrogens is 434 g/mol. The van der Waals surface area contributed by atoms with Crippen molar-refractivity contribution in [3.63, 3.8) is 0 Å². The first-order chi connectivity index (χ1) is 16.5. The smallest absolute Gasteiger partial charge is 0.321 e. The highest BCUT2D eigenvalue weighted by Crippen LogP contribution is 2.32. The number of hydrogen-bond donors (Lipinski definition) is 2. The van der Waals surface area contributed by atoms with E-state index in [1.165, 1.54) is 4.68 Å². The molecule has 1 aromatic heterocycles. The van der Waals surface area contributed by atoms with Crippen molar-refractivity contribution >= 4 is 17.6 Å². The number of hydrogen-bond acceptors (Lipinski definition) is 5. The van der Waals surface area contributed by atoms with E-state index in [0.29, 0.717) is 36.0 Å². The van der Waals surface area contributed by atoms with Crippen LogP contribution in [0.25, 0.3) is 11.3 Å². The lowest BCUT2D eigenvalue weighted by Crippen LogP contribution is -2.27. The molecule has 0 atom stereocenters. The number of carbonyl (C=O) groups is 2. The molecule has 1 fully saturated rings. The molecule has 0 bridgehead atoms. The van der Waals surface area contributed by atoms with Crippen LogP contribution in [0.15, 0.2) is 48.5 Å². The van der Waals surface area contributed by atoms with Gasteiger partial charge in [-0.15, -0.1) is 0 Å². The predicted octanol–water partition coefficient (Wildman–Crippen LogP) is 2.42. The number of rotatable bonds is 6. The summed E-state index contributed by atoms with van der Waals surface area (Å²) in [5.74, 6) is 6.98. The highest BCUT2D eigenvalue weighted by atomic mass is 16.5. The number of aromatic nitrogens is 2.